The van der Waals surface area contributed by atoms with Crippen LogP contribution in [0.3, 0.4) is 0 Å². The van der Waals surface area contributed by atoms with Crippen LogP contribution in [0.4, 0.5) is 5.13 Å². The highest BCUT2D eigenvalue weighted by molar-refractivity contribution is 7.15. The number of hydrogen-bond acceptors (Lipinski definition) is 5. The number of nitrogens with zero attached hydrogens (tertiary/aromatic N) is 1. The number of carbonyl (C=O) groups is 1. The second-order valence-corrected chi connectivity index (χ2v) is 9.22. The first-order chi connectivity index (χ1) is 13.3. The Morgan fingerprint density at radius 2 is 2.00 bits per heavy atom. The Kier molecular flexibility index (Phi) is 6.08. The van der Waals surface area contributed by atoms with Crippen molar-refractivity contribution >= 4 is 28.5 Å². The number of methoxy groups -OCH3 is 2. The molecule has 0 fully saturated rings. The normalized spacial score (nSPS) is 16.7. The molecule has 0 spiro atoms. The highest BCUT2D eigenvalue weighted by Gasteiger charge is 2.30. The molecule has 1 aromatic carbocycles. The quantitative estimate of drug-likeness (QED) is 0.721. The Morgan fingerprint density at radius 3 is 2.68 bits per heavy atom. The first-order valence-electron chi connectivity index (χ1n) is 9.50. The number of aromatic nitrogens is 1. The molecule has 2 aromatic rings. The number of benzene rings is 1. The molecule has 1 N–H and O–H groups in total. The topological polar surface area (TPSA) is 60.5 Å². The van der Waals surface area contributed by atoms with Crippen LogP contribution in [0.25, 0.3) is 6.08 Å². The zero-order valence-corrected chi connectivity index (χ0v) is 18.0. The summed E-state index contributed by atoms with van der Waals surface area (Å²) in [6.45, 7) is 6.89. The molecule has 1 amide bonds. The van der Waals surface area contributed by atoms with Gasteiger partial charge in [0, 0.05) is 11.0 Å². The summed E-state index contributed by atoms with van der Waals surface area (Å²) in [6, 6.07) is 5.52. The molecule has 0 radical (unpaired) electrons. The summed E-state index contributed by atoms with van der Waals surface area (Å²) in [4.78, 5) is 18.3. The highest BCUT2D eigenvalue weighted by Crippen LogP contribution is 2.40. The van der Waals surface area contributed by atoms with Gasteiger partial charge in [0.1, 0.15) is 0 Å². The lowest BCUT2D eigenvalue weighted by Gasteiger charge is -2.33. The van der Waals surface area contributed by atoms with E-state index >= 15 is 0 Å². The van der Waals surface area contributed by atoms with Crippen LogP contribution in [0.1, 0.15) is 43.3 Å². The van der Waals surface area contributed by atoms with Gasteiger partial charge >= 0.3 is 0 Å². The number of ether oxygens (including phenoxy) is 2. The van der Waals surface area contributed by atoms with E-state index in [-0.39, 0.29) is 5.91 Å². The molecule has 1 heterocycles. The third-order valence-corrected chi connectivity index (χ3v) is 6.26. The molecule has 1 unspecified atom stereocenters. The van der Waals surface area contributed by atoms with Gasteiger partial charge in [-0.15, -0.1) is 11.3 Å². The van der Waals surface area contributed by atoms with Crippen molar-refractivity contribution in [1.29, 1.82) is 0 Å². The summed E-state index contributed by atoms with van der Waals surface area (Å²) in [5.74, 6) is 1.76. The molecule has 6 heteroatoms. The van der Waals surface area contributed by atoms with Crippen LogP contribution in [-0.4, -0.2) is 25.1 Å². The zero-order valence-electron chi connectivity index (χ0n) is 17.2. The molecule has 5 nitrogen and oxygen atoms in total. The Bertz CT molecular complexity index is 880. The molecule has 1 aliphatic carbocycles. The van der Waals surface area contributed by atoms with Gasteiger partial charge in [-0.05, 0) is 54.4 Å². The average molecular weight is 401 g/mol. The first kappa shape index (κ1) is 20.4. The van der Waals surface area contributed by atoms with Gasteiger partial charge in [0.2, 0.25) is 5.91 Å². The lowest BCUT2D eigenvalue weighted by atomic mass is 9.73. The minimum Gasteiger partial charge on any atom is -0.493 e. The van der Waals surface area contributed by atoms with E-state index < -0.39 is 0 Å². The fourth-order valence-corrected chi connectivity index (χ4v) is 4.53. The SMILES string of the molecule is COc1ccc(/C=C/C(=O)Nc2nc3c(s2)CC(C(C)(C)C)CC3)cc1OC. The molecule has 28 heavy (non-hydrogen) atoms. The van der Waals surface area contributed by atoms with Crippen molar-refractivity contribution < 1.29 is 14.3 Å². The number of aryl methyl sites for hydroxylation is 1. The average Bonchev–Trinajstić information content (AvgIpc) is 3.06. The summed E-state index contributed by atoms with van der Waals surface area (Å²) in [5.41, 5.74) is 2.30. The lowest BCUT2D eigenvalue weighted by Crippen LogP contribution is -2.26. The van der Waals surface area contributed by atoms with E-state index in [0.29, 0.717) is 28.0 Å². The molecule has 0 saturated carbocycles. The maximum atomic E-state index is 12.3. The van der Waals surface area contributed by atoms with Gasteiger partial charge in [-0.1, -0.05) is 26.8 Å². The number of hydrogen-bond donors (Lipinski definition) is 1. The summed E-state index contributed by atoms with van der Waals surface area (Å²) >= 11 is 1.60. The summed E-state index contributed by atoms with van der Waals surface area (Å²) in [6.07, 6.45) is 6.46. The standard InChI is InChI=1S/C22H28N2O3S/c1-22(2,3)15-8-9-16-19(13-15)28-21(23-16)24-20(25)11-7-14-6-10-17(26-4)18(12-14)27-5/h6-7,10-12,15H,8-9,13H2,1-5H3,(H,23,24,25)/b11-7+. The van der Waals surface area contributed by atoms with Gasteiger partial charge in [-0.25, -0.2) is 4.98 Å². The van der Waals surface area contributed by atoms with Gasteiger partial charge < -0.3 is 9.47 Å². The van der Waals surface area contributed by atoms with Crippen molar-refractivity contribution in [3.8, 4) is 11.5 Å². The summed E-state index contributed by atoms with van der Waals surface area (Å²) in [5, 5.41) is 3.58. The van der Waals surface area contributed by atoms with Crippen LogP contribution in [0.2, 0.25) is 0 Å². The maximum Gasteiger partial charge on any atom is 0.250 e. The maximum absolute atomic E-state index is 12.3. The van der Waals surface area contributed by atoms with Gasteiger partial charge in [-0.2, -0.15) is 0 Å². The van der Waals surface area contributed by atoms with E-state index in [1.807, 2.05) is 18.2 Å². The predicted molar refractivity (Wildman–Crippen MR) is 114 cm³/mol. The molecule has 1 aliphatic rings. The molecule has 0 aliphatic heterocycles. The number of anilines is 1. The number of thiazole rings is 1. The van der Waals surface area contributed by atoms with Crippen molar-refractivity contribution in [3.63, 3.8) is 0 Å². The van der Waals surface area contributed by atoms with Crippen LogP contribution < -0.4 is 14.8 Å². The van der Waals surface area contributed by atoms with Crippen LogP contribution in [0, 0.1) is 11.3 Å². The Hall–Kier alpha value is -2.34. The highest BCUT2D eigenvalue weighted by atomic mass is 32.1. The number of carbonyl (C=O) groups excluding carboxylic acids is 1. The second-order valence-electron chi connectivity index (χ2n) is 8.13. The molecular formula is C22H28N2O3S. The van der Waals surface area contributed by atoms with E-state index in [2.05, 4.69) is 31.1 Å². The third-order valence-electron chi connectivity index (χ3n) is 5.23. The van der Waals surface area contributed by atoms with Crippen molar-refractivity contribution in [2.45, 2.75) is 40.0 Å². The van der Waals surface area contributed by atoms with E-state index in [1.54, 1.807) is 31.6 Å². The summed E-state index contributed by atoms with van der Waals surface area (Å²) < 4.78 is 10.5. The molecule has 0 bridgehead atoms. The fraction of sp³-hybridized carbons (Fsp3) is 0.455. The van der Waals surface area contributed by atoms with E-state index in [1.165, 1.54) is 11.0 Å². The van der Waals surface area contributed by atoms with Gasteiger partial charge in [-0.3, -0.25) is 10.1 Å². The Labute approximate surface area is 170 Å². The largest absolute Gasteiger partial charge is 0.493 e. The minimum absolute atomic E-state index is 0.187. The zero-order chi connectivity index (χ0) is 20.3. The smallest absolute Gasteiger partial charge is 0.250 e. The van der Waals surface area contributed by atoms with E-state index in [9.17, 15) is 4.79 Å². The number of amides is 1. The van der Waals surface area contributed by atoms with Gasteiger partial charge in [0.15, 0.2) is 16.6 Å². The molecule has 1 aromatic heterocycles. The van der Waals surface area contributed by atoms with Gasteiger partial charge in [0.25, 0.3) is 0 Å². The van der Waals surface area contributed by atoms with Crippen molar-refractivity contribution in [1.82, 2.24) is 4.98 Å². The fourth-order valence-electron chi connectivity index (χ4n) is 3.44. The Morgan fingerprint density at radius 1 is 1.25 bits per heavy atom. The molecule has 150 valence electrons. The number of fused-ring (bicyclic) bond motifs is 1. The summed E-state index contributed by atoms with van der Waals surface area (Å²) in [7, 11) is 3.19. The minimum atomic E-state index is -0.187. The Balaban J connectivity index is 1.65. The monoisotopic (exact) mass is 400 g/mol. The van der Waals surface area contributed by atoms with Crippen LogP contribution in [-0.2, 0) is 17.6 Å². The van der Waals surface area contributed by atoms with Crippen molar-refractivity contribution in [2.75, 3.05) is 19.5 Å². The number of rotatable bonds is 5. The predicted octanol–water partition coefficient (Wildman–Crippen LogP) is 4.96. The van der Waals surface area contributed by atoms with Gasteiger partial charge in [0.05, 0.1) is 19.9 Å². The van der Waals surface area contributed by atoms with E-state index in [0.717, 1.165) is 30.5 Å². The number of nitrogens with one attached hydrogen (secondary N) is 1. The van der Waals surface area contributed by atoms with Crippen LogP contribution >= 0.6 is 11.3 Å². The van der Waals surface area contributed by atoms with Crippen LogP contribution in [0.5, 0.6) is 11.5 Å². The van der Waals surface area contributed by atoms with Crippen molar-refractivity contribution in [3.05, 3.63) is 40.4 Å². The molecular weight excluding hydrogens is 372 g/mol. The third kappa shape index (κ3) is 4.73. The van der Waals surface area contributed by atoms with Crippen LogP contribution in [0.15, 0.2) is 24.3 Å². The first-order valence-corrected chi connectivity index (χ1v) is 10.3. The lowest BCUT2D eigenvalue weighted by molar-refractivity contribution is -0.111. The second kappa shape index (κ2) is 8.35. The van der Waals surface area contributed by atoms with E-state index in [4.69, 9.17) is 9.47 Å². The van der Waals surface area contributed by atoms with Crippen molar-refractivity contribution in [2.24, 2.45) is 11.3 Å². The molecule has 3 rings (SSSR count). The molecule has 1 atom stereocenters. The molecule has 0 saturated heterocycles.